The molecule has 360 valence electrons. The van der Waals surface area contributed by atoms with Gasteiger partial charge in [-0.2, -0.15) is 13.2 Å². The third-order valence-corrected chi connectivity index (χ3v) is 12.3. The molecule has 7 rings (SSSR count). The van der Waals surface area contributed by atoms with E-state index in [9.17, 15) is 37.1 Å². The number of nitrogens with zero attached hydrogens (tertiary/aromatic N) is 4. The second kappa shape index (κ2) is 22.1. The number of para-hydroxylation sites is 1. The average Bonchev–Trinajstić information content (AvgIpc) is 3.58. The Morgan fingerprint density at radius 1 is 0.853 bits per heavy atom. The third-order valence-electron chi connectivity index (χ3n) is 12.3. The number of methoxy groups -OCH3 is 1. The molecule has 6 N–H and O–H groups in total. The molecule has 4 aromatic rings. The van der Waals surface area contributed by atoms with Crippen LogP contribution in [0.4, 0.5) is 47.4 Å². The number of piperazine rings is 1. The Morgan fingerprint density at radius 2 is 1.59 bits per heavy atom. The van der Waals surface area contributed by atoms with E-state index in [-0.39, 0.29) is 46.3 Å². The lowest BCUT2D eigenvalue weighted by Crippen LogP contribution is -2.51. The quantitative estimate of drug-likeness (QED) is 0.0393. The van der Waals surface area contributed by atoms with Crippen molar-refractivity contribution >= 4 is 63.8 Å². The van der Waals surface area contributed by atoms with Crippen molar-refractivity contribution < 1.29 is 41.9 Å². The van der Waals surface area contributed by atoms with Crippen molar-refractivity contribution in [1.29, 1.82) is 0 Å². The SMILES string of the molecule is C=C1CCC(N2C(=O)c3cccc(NCC(=O)NCCCCCCCCN4CCN(c5ccc(Nc6cc(Nc7ccccc7C(=O)NC)c(C(F)(F)F)cn6)c(OC)c5)CC4)c3C2=O)C(=O)N1. The molecular formula is C49H57F3N10O6. The Hall–Kier alpha value is -7.15. The summed E-state index contributed by atoms with van der Waals surface area (Å²) >= 11 is 0. The van der Waals surface area contributed by atoms with Crippen LogP contribution in [0.1, 0.15) is 88.0 Å². The summed E-state index contributed by atoms with van der Waals surface area (Å²) in [6.07, 6.45) is 3.02. The number of aromatic nitrogens is 1. The smallest absolute Gasteiger partial charge is 0.419 e. The number of unbranched alkanes of at least 4 members (excludes halogenated alkanes) is 5. The molecule has 0 aliphatic carbocycles. The predicted octanol–water partition coefficient (Wildman–Crippen LogP) is 7.04. The maximum absolute atomic E-state index is 14.1. The van der Waals surface area contributed by atoms with Gasteiger partial charge in [0.1, 0.15) is 17.6 Å². The highest BCUT2D eigenvalue weighted by Crippen LogP contribution is 2.39. The molecule has 19 heteroatoms. The maximum Gasteiger partial charge on any atom is 0.419 e. The summed E-state index contributed by atoms with van der Waals surface area (Å²) < 4.78 is 47.9. The third kappa shape index (κ3) is 11.7. The number of halogens is 3. The van der Waals surface area contributed by atoms with Gasteiger partial charge in [-0.1, -0.05) is 50.5 Å². The number of nitrogens with one attached hydrogen (secondary N) is 6. The Labute approximate surface area is 393 Å². The van der Waals surface area contributed by atoms with Gasteiger partial charge >= 0.3 is 6.18 Å². The Morgan fingerprint density at radius 3 is 2.32 bits per heavy atom. The number of hydrogen-bond acceptors (Lipinski definition) is 12. The van der Waals surface area contributed by atoms with E-state index in [1.54, 1.807) is 30.3 Å². The second-order valence-electron chi connectivity index (χ2n) is 16.9. The summed E-state index contributed by atoms with van der Waals surface area (Å²) in [5.41, 5.74) is 1.93. The zero-order valence-electron chi connectivity index (χ0n) is 38.2. The lowest BCUT2D eigenvalue weighted by Gasteiger charge is -2.36. The summed E-state index contributed by atoms with van der Waals surface area (Å²) in [4.78, 5) is 73.9. The van der Waals surface area contributed by atoms with Crippen molar-refractivity contribution in [2.24, 2.45) is 0 Å². The molecule has 1 aromatic heterocycles. The summed E-state index contributed by atoms with van der Waals surface area (Å²) in [7, 11) is 2.98. The number of amides is 5. The van der Waals surface area contributed by atoms with Gasteiger partial charge < -0.3 is 41.5 Å². The first-order chi connectivity index (χ1) is 32.7. The summed E-state index contributed by atoms with van der Waals surface area (Å²) in [6, 6.07) is 17.2. The van der Waals surface area contributed by atoms with Crippen LogP contribution < -0.4 is 41.5 Å². The fraction of sp³-hybridized carbons (Fsp3) is 0.388. The molecule has 4 heterocycles. The van der Waals surface area contributed by atoms with E-state index in [4.69, 9.17) is 4.74 Å². The van der Waals surface area contributed by atoms with Gasteiger partial charge in [0.2, 0.25) is 11.8 Å². The fourth-order valence-corrected chi connectivity index (χ4v) is 8.65. The number of rotatable bonds is 20. The van der Waals surface area contributed by atoms with Crippen LogP contribution in [0.15, 0.2) is 85.2 Å². The van der Waals surface area contributed by atoms with Gasteiger partial charge in [0, 0.05) is 75.2 Å². The summed E-state index contributed by atoms with van der Waals surface area (Å²) in [5, 5.41) is 16.9. The first kappa shape index (κ1) is 48.8. The summed E-state index contributed by atoms with van der Waals surface area (Å²) in [5.74, 6) is -1.54. The number of benzene rings is 3. The number of ether oxygens (including phenoxy) is 1. The second-order valence-corrected chi connectivity index (χ2v) is 16.9. The maximum atomic E-state index is 14.1. The normalized spacial score (nSPS) is 16.3. The van der Waals surface area contributed by atoms with Crippen LogP contribution in [0.5, 0.6) is 5.75 Å². The number of pyridine rings is 1. The van der Waals surface area contributed by atoms with Gasteiger partial charge in [0.25, 0.3) is 17.7 Å². The van der Waals surface area contributed by atoms with Crippen molar-refractivity contribution in [1.82, 2.24) is 30.7 Å². The number of fused-ring (bicyclic) bond motifs is 1. The molecule has 0 spiro atoms. The lowest BCUT2D eigenvalue weighted by atomic mass is 10.0. The van der Waals surface area contributed by atoms with Gasteiger partial charge in [0.15, 0.2) is 0 Å². The number of anilines is 6. The number of carbonyl (C=O) groups is 5. The van der Waals surface area contributed by atoms with E-state index < -0.39 is 41.4 Å². The Balaban J connectivity index is 0.787. The molecule has 68 heavy (non-hydrogen) atoms. The molecule has 3 aromatic carbocycles. The number of alkyl halides is 3. The van der Waals surface area contributed by atoms with Crippen molar-refractivity contribution in [3.63, 3.8) is 0 Å². The minimum Gasteiger partial charge on any atom is -0.494 e. The molecular weight excluding hydrogens is 882 g/mol. The molecule has 1 unspecified atom stereocenters. The van der Waals surface area contributed by atoms with Gasteiger partial charge in [-0.3, -0.25) is 33.8 Å². The Bertz CT molecular complexity index is 2530. The summed E-state index contributed by atoms with van der Waals surface area (Å²) in [6.45, 7) is 8.68. The zero-order chi connectivity index (χ0) is 48.4. The van der Waals surface area contributed by atoms with Crippen molar-refractivity contribution in [2.45, 2.75) is 63.6 Å². The number of imide groups is 1. The van der Waals surface area contributed by atoms with Crippen LogP contribution in [0.2, 0.25) is 0 Å². The number of allylic oxidation sites excluding steroid dienone is 1. The van der Waals surface area contributed by atoms with Crippen molar-refractivity contribution in [2.75, 3.05) is 80.8 Å². The molecule has 1 atom stereocenters. The average molecular weight is 939 g/mol. The number of hydrogen-bond donors (Lipinski definition) is 6. The number of carbonyl (C=O) groups excluding carboxylic acids is 5. The van der Waals surface area contributed by atoms with Crippen LogP contribution in [0.25, 0.3) is 0 Å². The minimum absolute atomic E-state index is 0.0686. The molecule has 0 bridgehead atoms. The van der Waals surface area contributed by atoms with E-state index in [1.165, 1.54) is 32.4 Å². The molecule has 16 nitrogen and oxygen atoms in total. The Kier molecular flexibility index (Phi) is 15.9. The van der Waals surface area contributed by atoms with Crippen LogP contribution in [-0.4, -0.2) is 110 Å². The van der Waals surface area contributed by atoms with Crippen LogP contribution in [0.3, 0.4) is 0 Å². The lowest BCUT2D eigenvalue weighted by molar-refractivity contribution is -0.137. The van der Waals surface area contributed by atoms with Gasteiger partial charge in [0.05, 0.1) is 53.0 Å². The van der Waals surface area contributed by atoms with Crippen LogP contribution in [-0.2, 0) is 15.8 Å². The van der Waals surface area contributed by atoms with Gasteiger partial charge in [-0.25, -0.2) is 4.98 Å². The molecule has 0 saturated carbocycles. The van der Waals surface area contributed by atoms with E-state index >= 15 is 0 Å². The molecule has 0 radical (unpaired) electrons. The van der Waals surface area contributed by atoms with Crippen molar-refractivity contribution in [3.8, 4) is 5.75 Å². The number of piperidine rings is 1. The fourth-order valence-electron chi connectivity index (χ4n) is 8.65. The standard InChI is InChI=1S/C49H57F3N10O6/c1-31-17-20-40(46(65)57-31)62-47(66)34-14-12-16-38(44(34)48(62)67)55-30-43(63)54-21-10-6-4-5-7-11-22-60-23-25-61(26-24-60)32-18-19-37(41(27-32)68-3)59-42-28-39(35(29-56-42)49(50,51)52)58-36-15-9-8-13-33(36)45(64)53-2/h8-9,12-16,18-19,27-29,40,55H,1,4-7,10-11,17,20-26,30H2,2-3H3,(H,53,64)(H,54,63)(H,57,65)(H2,56,58,59). The van der Waals surface area contributed by atoms with Crippen molar-refractivity contribution in [3.05, 3.63) is 107 Å². The highest BCUT2D eigenvalue weighted by molar-refractivity contribution is 6.25. The van der Waals surface area contributed by atoms with Gasteiger partial charge in [-0.05, 0) is 68.6 Å². The molecule has 2 saturated heterocycles. The highest BCUT2D eigenvalue weighted by atomic mass is 19.4. The minimum atomic E-state index is -4.70. The largest absolute Gasteiger partial charge is 0.494 e. The molecule has 2 fully saturated rings. The topological polar surface area (TPSA) is 189 Å². The predicted molar refractivity (Wildman–Crippen MR) is 254 cm³/mol. The first-order valence-electron chi connectivity index (χ1n) is 22.8. The molecule has 3 aliphatic heterocycles. The van der Waals surface area contributed by atoms with Gasteiger partial charge in [-0.15, -0.1) is 0 Å². The van der Waals surface area contributed by atoms with Crippen LogP contribution >= 0.6 is 0 Å². The van der Waals surface area contributed by atoms with Crippen LogP contribution in [0, 0.1) is 0 Å². The van der Waals surface area contributed by atoms with E-state index in [1.807, 2.05) is 18.2 Å². The first-order valence-corrected chi connectivity index (χ1v) is 22.8. The van der Waals surface area contributed by atoms with E-state index in [2.05, 4.69) is 53.3 Å². The highest BCUT2D eigenvalue weighted by Gasteiger charge is 2.45. The monoisotopic (exact) mass is 938 g/mol. The molecule has 5 amide bonds. The zero-order valence-corrected chi connectivity index (χ0v) is 38.2. The van der Waals surface area contributed by atoms with E-state index in [0.29, 0.717) is 42.2 Å². The molecule has 3 aliphatic rings. The van der Waals surface area contributed by atoms with E-state index in [0.717, 1.165) is 88.0 Å².